The van der Waals surface area contributed by atoms with E-state index in [1.165, 1.54) is 28.8 Å². The highest BCUT2D eigenvalue weighted by Gasteiger charge is 2.38. The molecule has 3 heterocycles. The molecule has 4 rings (SSSR count). The summed E-state index contributed by atoms with van der Waals surface area (Å²) in [4.78, 5) is 29.2. The third-order valence-corrected chi connectivity index (χ3v) is 5.68. The monoisotopic (exact) mass is 435 g/mol. The summed E-state index contributed by atoms with van der Waals surface area (Å²) in [5.74, 6) is 0.474. The number of amidine groups is 1. The van der Waals surface area contributed by atoms with E-state index in [4.69, 9.17) is 4.42 Å². The Morgan fingerprint density at radius 2 is 2.06 bits per heavy atom. The normalized spacial score (nSPS) is 17.7. The SMILES string of the molecule is O=C1[C@@H](Cc2cccc([N+](=O)[O-])c2)S/C(=N\N=C/c2ccncc2)N1Cc1ccco1. The number of non-ortho nitro benzene ring substituents is 1. The van der Waals surface area contributed by atoms with E-state index in [9.17, 15) is 14.9 Å². The number of thioether (sulfide) groups is 1. The molecule has 3 aromatic rings. The number of aromatic nitrogens is 1. The van der Waals surface area contributed by atoms with Crippen molar-refractivity contribution in [2.45, 2.75) is 18.2 Å². The summed E-state index contributed by atoms with van der Waals surface area (Å²) in [5, 5.41) is 19.4. The topological polar surface area (TPSA) is 114 Å². The maximum Gasteiger partial charge on any atom is 0.269 e. The van der Waals surface area contributed by atoms with Crippen LogP contribution in [0.2, 0.25) is 0 Å². The lowest BCUT2D eigenvalue weighted by Crippen LogP contribution is -2.32. The number of carbonyl (C=O) groups is 1. The van der Waals surface area contributed by atoms with Crippen molar-refractivity contribution < 1.29 is 14.1 Å². The summed E-state index contributed by atoms with van der Waals surface area (Å²) in [5.41, 5.74) is 1.54. The van der Waals surface area contributed by atoms with Gasteiger partial charge in [-0.3, -0.25) is 24.8 Å². The molecule has 1 atom stereocenters. The number of nitro benzene ring substituents is 1. The van der Waals surface area contributed by atoms with E-state index in [1.807, 2.05) is 0 Å². The molecule has 10 heteroatoms. The van der Waals surface area contributed by atoms with Crippen LogP contribution in [0.1, 0.15) is 16.9 Å². The number of carbonyl (C=O) groups excluding carboxylic acids is 1. The van der Waals surface area contributed by atoms with Gasteiger partial charge in [-0.15, -0.1) is 5.10 Å². The first-order chi connectivity index (χ1) is 15.1. The molecule has 1 saturated heterocycles. The number of rotatable bonds is 7. The first-order valence-corrected chi connectivity index (χ1v) is 10.2. The van der Waals surface area contributed by atoms with Crippen molar-refractivity contribution in [1.29, 1.82) is 0 Å². The van der Waals surface area contributed by atoms with Crippen LogP contribution in [0.3, 0.4) is 0 Å². The van der Waals surface area contributed by atoms with Crippen molar-refractivity contribution in [3.8, 4) is 0 Å². The quantitative estimate of drug-likeness (QED) is 0.318. The molecule has 0 aliphatic carbocycles. The second-order valence-corrected chi connectivity index (χ2v) is 7.82. The van der Waals surface area contributed by atoms with Crippen LogP contribution in [0.5, 0.6) is 0 Å². The smallest absolute Gasteiger partial charge is 0.269 e. The standard InChI is InChI=1S/C21H17N5O4S/c27-20-19(12-16-3-1-4-17(11-16)26(28)29)31-21(25(20)14-18-5-2-10-30-18)24-23-13-15-6-8-22-9-7-15/h1-11,13,19H,12,14H2/b23-13-,24-21-/t19-/m1/s1. The summed E-state index contributed by atoms with van der Waals surface area (Å²) < 4.78 is 5.38. The van der Waals surface area contributed by atoms with Crippen LogP contribution in [0, 0.1) is 10.1 Å². The molecule has 31 heavy (non-hydrogen) atoms. The average molecular weight is 435 g/mol. The maximum atomic E-state index is 13.1. The number of benzene rings is 1. The Kier molecular flexibility index (Phi) is 6.18. The lowest BCUT2D eigenvalue weighted by atomic mass is 10.1. The van der Waals surface area contributed by atoms with E-state index in [0.717, 1.165) is 5.56 Å². The van der Waals surface area contributed by atoms with Gasteiger partial charge in [-0.2, -0.15) is 5.10 Å². The van der Waals surface area contributed by atoms with Crippen LogP contribution in [0.4, 0.5) is 5.69 Å². The van der Waals surface area contributed by atoms with Gasteiger partial charge >= 0.3 is 0 Å². The zero-order chi connectivity index (χ0) is 21.6. The fourth-order valence-electron chi connectivity index (χ4n) is 3.03. The number of nitro groups is 1. The summed E-state index contributed by atoms with van der Waals surface area (Å²) in [6, 6.07) is 13.4. The Bertz CT molecular complexity index is 1130. The molecule has 2 aromatic heterocycles. The van der Waals surface area contributed by atoms with E-state index in [1.54, 1.807) is 61.3 Å². The molecule has 1 amide bonds. The minimum Gasteiger partial charge on any atom is -0.467 e. The minimum atomic E-state index is -0.466. The molecule has 1 fully saturated rings. The number of hydrogen-bond acceptors (Lipinski definition) is 8. The summed E-state index contributed by atoms with van der Waals surface area (Å²) >= 11 is 1.28. The van der Waals surface area contributed by atoms with Crippen molar-refractivity contribution in [2.75, 3.05) is 0 Å². The van der Waals surface area contributed by atoms with Gasteiger partial charge in [0, 0.05) is 24.5 Å². The highest BCUT2D eigenvalue weighted by molar-refractivity contribution is 8.15. The molecule has 0 bridgehead atoms. The molecule has 1 aromatic carbocycles. The molecule has 0 unspecified atom stereocenters. The molecule has 0 N–H and O–H groups in total. The summed E-state index contributed by atoms with van der Waals surface area (Å²) in [6.45, 7) is 0.230. The second-order valence-electron chi connectivity index (χ2n) is 6.65. The van der Waals surface area contributed by atoms with Gasteiger partial charge in [-0.25, -0.2) is 0 Å². The lowest BCUT2D eigenvalue weighted by molar-refractivity contribution is -0.384. The molecular weight excluding hydrogens is 418 g/mol. The van der Waals surface area contributed by atoms with Gasteiger partial charge in [0.1, 0.15) is 5.76 Å². The Labute approximate surface area is 181 Å². The lowest BCUT2D eigenvalue weighted by Gasteiger charge is -2.14. The Morgan fingerprint density at radius 3 is 2.81 bits per heavy atom. The third-order valence-electron chi connectivity index (χ3n) is 4.51. The van der Waals surface area contributed by atoms with Crippen LogP contribution in [0.15, 0.2) is 81.8 Å². The van der Waals surface area contributed by atoms with E-state index in [2.05, 4.69) is 15.2 Å². The number of furan rings is 1. The van der Waals surface area contributed by atoms with Crippen LogP contribution in [-0.4, -0.2) is 37.3 Å². The highest BCUT2D eigenvalue weighted by atomic mass is 32.2. The molecule has 0 radical (unpaired) electrons. The molecule has 156 valence electrons. The highest BCUT2D eigenvalue weighted by Crippen LogP contribution is 2.32. The molecule has 9 nitrogen and oxygen atoms in total. The first-order valence-electron chi connectivity index (χ1n) is 9.35. The van der Waals surface area contributed by atoms with E-state index < -0.39 is 10.2 Å². The maximum absolute atomic E-state index is 13.1. The zero-order valence-corrected chi connectivity index (χ0v) is 17.0. The number of hydrogen-bond donors (Lipinski definition) is 0. The van der Waals surface area contributed by atoms with Gasteiger partial charge in [0.2, 0.25) is 5.91 Å². The molecule has 0 spiro atoms. The van der Waals surface area contributed by atoms with Gasteiger partial charge in [-0.05, 0) is 41.8 Å². The second kappa shape index (κ2) is 9.35. The average Bonchev–Trinajstić information content (AvgIpc) is 3.39. The van der Waals surface area contributed by atoms with Crippen molar-refractivity contribution >= 4 is 34.7 Å². The Morgan fingerprint density at radius 1 is 1.23 bits per heavy atom. The fraction of sp³-hybridized carbons (Fsp3) is 0.143. The largest absolute Gasteiger partial charge is 0.467 e. The van der Waals surface area contributed by atoms with Gasteiger partial charge < -0.3 is 4.42 Å². The Hall–Kier alpha value is -3.79. The molecular formula is C21H17N5O4S. The number of nitrogens with zero attached hydrogens (tertiary/aromatic N) is 5. The van der Waals surface area contributed by atoms with E-state index in [-0.39, 0.29) is 18.1 Å². The predicted octanol–water partition coefficient (Wildman–Crippen LogP) is 3.66. The van der Waals surface area contributed by atoms with Gasteiger partial charge in [0.25, 0.3) is 5.69 Å². The van der Waals surface area contributed by atoms with Crippen LogP contribution < -0.4 is 0 Å². The van der Waals surface area contributed by atoms with Crippen molar-refractivity contribution in [3.05, 3.63) is 94.2 Å². The predicted molar refractivity (Wildman–Crippen MR) is 117 cm³/mol. The number of amides is 1. The van der Waals surface area contributed by atoms with Crippen LogP contribution in [-0.2, 0) is 17.8 Å². The molecule has 1 aliphatic heterocycles. The van der Waals surface area contributed by atoms with Crippen LogP contribution in [0.25, 0.3) is 0 Å². The van der Waals surface area contributed by atoms with E-state index in [0.29, 0.717) is 22.9 Å². The summed E-state index contributed by atoms with van der Waals surface area (Å²) in [6.07, 6.45) is 6.77. The minimum absolute atomic E-state index is 0.00349. The van der Waals surface area contributed by atoms with Gasteiger partial charge in [-0.1, -0.05) is 23.9 Å². The third kappa shape index (κ3) is 5.04. The molecule has 0 saturated carbocycles. The molecule has 1 aliphatic rings. The van der Waals surface area contributed by atoms with Crippen molar-refractivity contribution in [1.82, 2.24) is 9.88 Å². The zero-order valence-electron chi connectivity index (χ0n) is 16.2. The fourth-order valence-corrected chi connectivity index (χ4v) is 4.16. The Balaban J connectivity index is 1.56. The van der Waals surface area contributed by atoms with Crippen LogP contribution >= 0.6 is 11.8 Å². The first kappa shape index (κ1) is 20.5. The van der Waals surface area contributed by atoms with E-state index >= 15 is 0 Å². The van der Waals surface area contributed by atoms with Crippen molar-refractivity contribution in [3.63, 3.8) is 0 Å². The van der Waals surface area contributed by atoms with Gasteiger partial charge in [0.05, 0.1) is 29.2 Å². The van der Waals surface area contributed by atoms with Gasteiger partial charge in [0.15, 0.2) is 5.17 Å². The summed E-state index contributed by atoms with van der Waals surface area (Å²) in [7, 11) is 0. The van der Waals surface area contributed by atoms with Crippen molar-refractivity contribution in [2.24, 2.45) is 10.2 Å². The number of pyridine rings is 1.